The smallest absolute Gasteiger partial charge is 0.420 e. The lowest BCUT2D eigenvalue weighted by Gasteiger charge is -2.17. The highest BCUT2D eigenvalue weighted by Gasteiger charge is 2.17. The number of carbonyl (C=O) groups excluding carboxylic acids is 1. The quantitative estimate of drug-likeness (QED) is 0.523. The Morgan fingerprint density at radius 2 is 1.90 bits per heavy atom. The first-order valence-electron chi connectivity index (χ1n) is 9.03. The summed E-state index contributed by atoms with van der Waals surface area (Å²) >= 11 is 0. The van der Waals surface area contributed by atoms with E-state index in [0.29, 0.717) is 22.7 Å². The Hall–Kier alpha value is -3.87. The summed E-state index contributed by atoms with van der Waals surface area (Å²) in [5.74, 6) is -0.316. The zero-order valence-electron chi connectivity index (χ0n) is 16.0. The van der Waals surface area contributed by atoms with Gasteiger partial charge in [-0.2, -0.15) is 0 Å². The molecule has 1 amide bonds. The molecule has 0 N–H and O–H groups in total. The van der Waals surface area contributed by atoms with Crippen molar-refractivity contribution in [3.8, 4) is 17.1 Å². The third kappa shape index (κ3) is 3.62. The molecule has 0 radical (unpaired) electrons. The van der Waals surface area contributed by atoms with E-state index in [9.17, 15) is 9.59 Å². The molecule has 0 unspecified atom stereocenters. The number of ether oxygens (including phenoxy) is 1. The average Bonchev–Trinajstić information content (AvgIpc) is 3.08. The maximum atomic E-state index is 12.7. The highest BCUT2D eigenvalue weighted by atomic mass is 16.5. The van der Waals surface area contributed by atoms with Gasteiger partial charge in [-0.25, -0.2) is 9.78 Å². The number of rotatable bonds is 5. The average molecular weight is 389 g/mol. The molecule has 146 valence electrons. The molecule has 7 nitrogen and oxygen atoms in total. The van der Waals surface area contributed by atoms with E-state index in [-0.39, 0.29) is 12.5 Å². The molecule has 0 aliphatic heterocycles. The van der Waals surface area contributed by atoms with Gasteiger partial charge in [-0.05, 0) is 36.4 Å². The molecule has 4 rings (SSSR count). The number of benzene rings is 2. The van der Waals surface area contributed by atoms with Gasteiger partial charge in [-0.3, -0.25) is 9.36 Å². The van der Waals surface area contributed by atoms with Crippen LogP contribution in [0.1, 0.15) is 0 Å². The molecule has 0 saturated heterocycles. The predicted molar refractivity (Wildman–Crippen MR) is 110 cm³/mol. The van der Waals surface area contributed by atoms with E-state index >= 15 is 0 Å². The molecule has 0 spiro atoms. The van der Waals surface area contributed by atoms with Gasteiger partial charge in [0.05, 0.1) is 18.3 Å². The lowest BCUT2D eigenvalue weighted by atomic mass is 10.1. The van der Waals surface area contributed by atoms with Crippen molar-refractivity contribution < 1.29 is 13.9 Å². The van der Waals surface area contributed by atoms with Gasteiger partial charge < -0.3 is 14.1 Å². The molecular weight excluding hydrogens is 370 g/mol. The van der Waals surface area contributed by atoms with Crippen molar-refractivity contribution in [1.82, 2.24) is 9.55 Å². The predicted octanol–water partition coefficient (Wildman–Crippen LogP) is 3.33. The van der Waals surface area contributed by atoms with Crippen LogP contribution in [0.5, 0.6) is 5.88 Å². The molecule has 0 aliphatic rings. The van der Waals surface area contributed by atoms with Crippen LogP contribution < -0.4 is 15.4 Å². The van der Waals surface area contributed by atoms with E-state index in [1.54, 1.807) is 32.4 Å². The van der Waals surface area contributed by atoms with Crippen LogP contribution in [0.3, 0.4) is 0 Å². The van der Waals surface area contributed by atoms with Gasteiger partial charge in [0.2, 0.25) is 11.8 Å². The number of hydrogen-bond donors (Lipinski definition) is 0. The van der Waals surface area contributed by atoms with Crippen molar-refractivity contribution >= 4 is 22.7 Å². The van der Waals surface area contributed by atoms with Crippen LogP contribution in [0, 0.1) is 0 Å². The molecule has 2 aromatic heterocycles. The molecule has 2 aromatic carbocycles. The van der Waals surface area contributed by atoms with Crippen molar-refractivity contribution in [2.75, 3.05) is 19.1 Å². The molecular formula is C22H19N3O4. The number of fused-ring (bicyclic) bond motifs is 1. The van der Waals surface area contributed by atoms with Crippen LogP contribution in [-0.2, 0) is 11.3 Å². The standard InChI is InChI=1S/C22H19N3O4/c1-24(16-7-4-3-5-8-16)21(26)14-25-18-13-15(11-12-19(18)29-22(25)27)17-9-6-10-20(23-17)28-2/h3-13H,14H2,1-2H3. The summed E-state index contributed by atoms with van der Waals surface area (Å²) in [4.78, 5) is 31.0. The second-order valence-corrected chi connectivity index (χ2v) is 6.49. The summed E-state index contributed by atoms with van der Waals surface area (Å²) in [5.41, 5.74) is 3.18. The van der Waals surface area contributed by atoms with Gasteiger partial charge in [-0.1, -0.05) is 24.3 Å². The number of para-hydroxylation sites is 1. The minimum absolute atomic E-state index is 0.133. The second-order valence-electron chi connectivity index (χ2n) is 6.49. The van der Waals surface area contributed by atoms with Gasteiger partial charge in [0, 0.05) is 24.4 Å². The summed E-state index contributed by atoms with van der Waals surface area (Å²) in [6, 6.07) is 20.0. The summed E-state index contributed by atoms with van der Waals surface area (Å²) in [6.45, 7) is -0.133. The molecule has 4 aromatic rings. The minimum atomic E-state index is -0.578. The number of pyridine rings is 1. The Bertz CT molecular complexity index is 1230. The third-order valence-electron chi connectivity index (χ3n) is 4.71. The van der Waals surface area contributed by atoms with Gasteiger partial charge in [0.1, 0.15) is 6.54 Å². The maximum absolute atomic E-state index is 12.7. The molecule has 0 bridgehead atoms. The lowest BCUT2D eigenvalue weighted by Crippen LogP contribution is -2.32. The highest BCUT2D eigenvalue weighted by Crippen LogP contribution is 2.24. The van der Waals surface area contributed by atoms with Crippen molar-refractivity contribution in [3.05, 3.63) is 77.3 Å². The number of likely N-dealkylation sites (N-methyl/N-ethyl adjacent to an activating group) is 1. The minimum Gasteiger partial charge on any atom is -0.481 e. The van der Waals surface area contributed by atoms with Crippen LogP contribution in [0.2, 0.25) is 0 Å². The van der Waals surface area contributed by atoms with Crippen molar-refractivity contribution in [1.29, 1.82) is 0 Å². The fourth-order valence-corrected chi connectivity index (χ4v) is 3.10. The number of aromatic nitrogens is 2. The number of amides is 1. The number of anilines is 1. The number of oxazole rings is 1. The van der Waals surface area contributed by atoms with E-state index in [4.69, 9.17) is 9.15 Å². The van der Waals surface area contributed by atoms with Gasteiger partial charge in [-0.15, -0.1) is 0 Å². The maximum Gasteiger partial charge on any atom is 0.420 e. The van der Waals surface area contributed by atoms with Crippen molar-refractivity contribution in [2.24, 2.45) is 0 Å². The molecule has 0 saturated carbocycles. The highest BCUT2D eigenvalue weighted by molar-refractivity contribution is 5.93. The second kappa shape index (κ2) is 7.63. The summed E-state index contributed by atoms with van der Waals surface area (Å²) < 4.78 is 11.8. The van der Waals surface area contributed by atoms with Gasteiger partial charge in [0.15, 0.2) is 5.58 Å². The van der Waals surface area contributed by atoms with Crippen LogP contribution in [0.4, 0.5) is 5.69 Å². The molecule has 0 atom stereocenters. The fourth-order valence-electron chi connectivity index (χ4n) is 3.10. The van der Waals surface area contributed by atoms with Crippen LogP contribution in [0.15, 0.2) is 75.9 Å². The number of nitrogens with zero attached hydrogens (tertiary/aromatic N) is 3. The Kier molecular flexibility index (Phi) is 4.87. The Morgan fingerprint density at radius 1 is 1.10 bits per heavy atom. The van der Waals surface area contributed by atoms with E-state index in [1.165, 1.54) is 9.47 Å². The van der Waals surface area contributed by atoms with Gasteiger partial charge in [0.25, 0.3) is 0 Å². The number of carbonyl (C=O) groups is 1. The van der Waals surface area contributed by atoms with Crippen molar-refractivity contribution in [3.63, 3.8) is 0 Å². The number of hydrogen-bond acceptors (Lipinski definition) is 5. The first-order chi connectivity index (χ1) is 14.1. The SMILES string of the molecule is COc1cccc(-c2ccc3oc(=O)n(CC(=O)N(C)c4ccccc4)c3c2)n1. The van der Waals surface area contributed by atoms with Crippen LogP contribution in [0.25, 0.3) is 22.4 Å². The first kappa shape index (κ1) is 18.5. The summed E-state index contributed by atoms with van der Waals surface area (Å²) in [7, 11) is 3.23. The number of methoxy groups -OCH3 is 1. The topological polar surface area (TPSA) is 77.6 Å². The molecule has 2 heterocycles. The lowest BCUT2D eigenvalue weighted by molar-refractivity contribution is -0.118. The summed E-state index contributed by atoms with van der Waals surface area (Å²) in [5, 5.41) is 0. The molecule has 0 fully saturated rings. The molecule has 29 heavy (non-hydrogen) atoms. The zero-order valence-corrected chi connectivity index (χ0v) is 16.0. The van der Waals surface area contributed by atoms with Crippen molar-refractivity contribution in [2.45, 2.75) is 6.54 Å². The monoisotopic (exact) mass is 389 g/mol. The van der Waals surface area contributed by atoms with E-state index in [2.05, 4.69) is 4.98 Å². The van der Waals surface area contributed by atoms with E-state index < -0.39 is 5.76 Å². The van der Waals surface area contributed by atoms with Gasteiger partial charge >= 0.3 is 5.76 Å². The zero-order chi connectivity index (χ0) is 20.4. The molecule has 0 aliphatic carbocycles. The fraction of sp³-hybridized carbons (Fsp3) is 0.136. The van der Waals surface area contributed by atoms with Crippen LogP contribution in [-0.4, -0.2) is 29.6 Å². The Labute approximate surface area is 166 Å². The molecule has 7 heteroatoms. The van der Waals surface area contributed by atoms with E-state index in [1.807, 2.05) is 48.5 Å². The first-order valence-corrected chi connectivity index (χ1v) is 9.03. The normalized spacial score (nSPS) is 10.8. The third-order valence-corrected chi connectivity index (χ3v) is 4.71. The van der Waals surface area contributed by atoms with Crippen LogP contribution >= 0.6 is 0 Å². The van der Waals surface area contributed by atoms with E-state index in [0.717, 1.165) is 11.3 Å². The Morgan fingerprint density at radius 3 is 2.66 bits per heavy atom. The summed E-state index contributed by atoms with van der Waals surface area (Å²) in [6.07, 6.45) is 0. The Balaban J connectivity index is 1.70. The largest absolute Gasteiger partial charge is 0.481 e.